The molecule has 126 valence electrons. The molecule has 0 bridgehead atoms. The first-order chi connectivity index (χ1) is 11.8. The Bertz CT molecular complexity index is 692. The fourth-order valence-corrected chi connectivity index (χ4v) is 4.42. The number of thiophene rings is 1. The number of carbonyl (C=O) groups is 1. The van der Waals surface area contributed by atoms with Crippen molar-refractivity contribution in [2.75, 3.05) is 32.8 Å². The smallest absolute Gasteiger partial charge is 0.252 e. The van der Waals surface area contributed by atoms with Crippen molar-refractivity contribution in [2.45, 2.75) is 6.54 Å². The summed E-state index contributed by atoms with van der Waals surface area (Å²) in [5.74, 6) is 0.489. The largest absolute Gasteiger partial charge is 0.380 e. The molecule has 0 aromatic carbocycles. The summed E-state index contributed by atoms with van der Waals surface area (Å²) in [6.07, 6.45) is 1.84. The summed E-state index contributed by atoms with van der Waals surface area (Å²) in [4.78, 5) is 19.1. The number of carbonyl (C=O) groups excluding carboxylic acids is 1. The molecule has 1 amide bonds. The monoisotopic (exact) mass is 343 g/mol. The van der Waals surface area contributed by atoms with Crippen LogP contribution in [0.25, 0.3) is 0 Å². The fraction of sp³-hybridized carbons (Fsp3) is 0.444. The predicted octanol–water partition coefficient (Wildman–Crippen LogP) is 2.02. The van der Waals surface area contributed by atoms with Crippen LogP contribution in [0.5, 0.6) is 0 Å². The summed E-state index contributed by atoms with van der Waals surface area (Å²) >= 11 is 1.54. The van der Waals surface area contributed by atoms with Crippen molar-refractivity contribution in [2.24, 2.45) is 11.3 Å². The van der Waals surface area contributed by atoms with E-state index >= 15 is 0 Å². The number of hydrogen-bond acceptors (Lipinski definition) is 5. The Morgan fingerprint density at radius 1 is 1.46 bits per heavy atom. The van der Waals surface area contributed by atoms with E-state index in [1.807, 2.05) is 35.2 Å². The average molecular weight is 343 g/mol. The van der Waals surface area contributed by atoms with Gasteiger partial charge in [-0.1, -0.05) is 6.07 Å². The Morgan fingerprint density at radius 3 is 3.21 bits per heavy atom. The quantitative estimate of drug-likeness (QED) is 0.902. The predicted molar refractivity (Wildman–Crippen MR) is 92.9 cm³/mol. The molecule has 2 aliphatic rings. The molecule has 2 fully saturated rings. The van der Waals surface area contributed by atoms with Crippen LogP contribution in [0.3, 0.4) is 0 Å². The Balaban J connectivity index is 1.40. The van der Waals surface area contributed by atoms with Crippen LogP contribution in [0, 0.1) is 11.3 Å². The van der Waals surface area contributed by atoms with Gasteiger partial charge in [0.25, 0.3) is 5.91 Å². The van der Waals surface area contributed by atoms with Gasteiger partial charge in [-0.05, 0) is 23.6 Å². The van der Waals surface area contributed by atoms with Crippen LogP contribution in [-0.2, 0) is 11.3 Å². The SMILES string of the molecule is O=C(NC[C@]12COC[C@H]1CN(Cc1ccccn1)C2)c1ccsc1. The van der Waals surface area contributed by atoms with Crippen molar-refractivity contribution >= 4 is 17.2 Å². The molecule has 2 aromatic heterocycles. The molecule has 6 heteroatoms. The highest BCUT2D eigenvalue weighted by Crippen LogP contribution is 2.41. The molecule has 0 spiro atoms. The van der Waals surface area contributed by atoms with Crippen LogP contribution < -0.4 is 5.32 Å². The minimum atomic E-state index is 0.0134. The standard InChI is InChI=1S/C18H21N3O2S/c22-17(14-4-6-24-10-14)20-11-18-12-21(7-15(18)9-23-13-18)8-16-3-1-2-5-19-16/h1-6,10,15H,7-9,11-13H2,(H,20,22)/t15-,18+/m1/s1. The third-order valence-electron chi connectivity index (χ3n) is 5.09. The van der Waals surface area contributed by atoms with Crippen molar-refractivity contribution < 1.29 is 9.53 Å². The fourth-order valence-electron chi connectivity index (χ4n) is 3.79. The van der Waals surface area contributed by atoms with E-state index in [0.29, 0.717) is 12.5 Å². The number of fused-ring (bicyclic) bond motifs is 1. The second-order valence-corrected chi connectivity index (χ2v) is 7.54. The number of ether oxygens (including phenoxy) is 1. The van der Waals surface area contributed by atoms with E-state index in [4.69, 9.17) is 4.74 Å². The van der Waals surface area contributed by atoms with Gasteiger partial charge in [0, 0.05) is 54.7 Å². The van der Waals surface area contributed by atoms with Crippen LogP contribution in [0.1, 0.15) is 16.1 Å². The summed E-state index contributed by atoms with van der Waals surface area (Å²) in [5, 5.41) is 6.94. The molecule has 5 nitrogen and oxygen atoms in total. The van der Waals surface area contributed by atoms with Crippen LogP contribution in [0.2, 0.25) is 0 Å². The third kappa shape index (κ3) is 3.09. The number of amides is 1. The van der Waals surface area contributed by atoms with Gasteiger partial charge in [0.15, 0.2) is 0 Å². The van der Waals surface area contributed by atoms with Gasteiger partial charge in [0.2, 0.25) is 0 Å². The molecular formula is C18H21N3O2S. The van der Waals surface area contributed by atoms with E-state index < -0.39 is 0 Å². The van der Waals surface area contributed by atoms with Gasteiger partial charge in [-0.3, -0.25) is 14.7 Å². The Kier molecular flexibility index (Phi) is 4.35. The van der Waals surface area contributed by atoms with Gasteiger partial charge < -0.3 is 10.1 Å². The lowest BCUT2D eigenvalue weighted by Crippen LogP contribution is -2.43. The number of aromatic nitrogens is 1. The van der Waals surface area contributed by atoms with E-state index in [-0.39, 0.29) is 11.3 Å². The summed E-state index contributed by atoms with van der Waals surface area (Å²) < 4.78 is 5.74. The first-order valence-electron chi connectivity index (χ1n) is 8.26. The number of rotatable bonds is 5. The average Bonchev–Trinajstić information content (AvgIpc) is 3.29. The zero-order chi connectivity index (χ0) is 16.4. The second-order valence-electron chi connectivity index (χ2n) is 6.76. The number of likely N-dealkylation sites (tertiary alicyclic amines) is 1. The minimum absolute atomic E-state index is 0.0134. The highest BCUT2D eigenvalue weighted by Gasteiger charge is 2.50. The van der Waals surface area contributed by atoms with Crippen molar-refractivity contribution in [1.82, 2.24) is 15.2 Å². The lowest BCUT2D eigenvalue weighted by molar-refractivity contribution is 0.0904. The van der Waals surface area contributed by atoms with Crippen molar-refractivity contribution in [3.63, 3.8) is 0 Å². The molecule has 0 saturated carbocycles. The van der Waals surface area contributed by atoms with E-state index in [0.717, 1.165) is 44.1 Å². The normalized spacial score (nSPS) is 26.4. The molecule has 2 saturated heterocycles. The Hall–Kier alpha value is -1.76. The van der Waals surface area contributed by atoms with Gasteiger partial charge in [-0.25, -0.2) is 0 Å². The lowest BCUT2D eigenvalue weighted by Gasteiger charge is -2.27. The molecule has 2 atom stereocenters. The topological polar surface area (TPSA) is 54.5 Å². The molecule has 2 aromatic rings. The maximum atomic E-state index is 12.3. The van der Waals surface area contributed by atoms with E-state index in [1.165, 1.54) is 0 Å². The van der Waals surface area contributed by atoms with Crippen molar-refractivity contribution in [1.29, 1.82) is 0 Å². The first kappa shape index (κ1) is 15.7. The van der Waals surface area contributed by atoms with Gasteiger partial charge in [0.05, 0.1) is 18.9 Å². The highest BCUT2D eigenvalue weighted by molar-refractivity contribution is 7.08. The summed E-state index contributed by atoms with van der Waals surface area (Å²) in [5.41, 5.74) is 1.87. The lowest BCUT2D eigenvalue weighted by atomic mass is 9.81. The van der Waals surface area contributed by atoms with Crippen LogP contribution >= 0.6 is 11.3 Å². The number of nitrogens with zero attached hydrogens (tertiary/aromatic N) is 2. The van der Waals surface area contributed by atoms with Gasteiger partial charge in [-0.2, -0.15) is 11.3 Å². The molecule has 0 radical (unpaired) electrons. The van der Waals surface area contributed by atoms with Crippen LogP contribution in [0.4, 0.5) is 0 Å². The molecule has 4 rings (SSSR count). The van der Waals surface area contributed by atoms with Gasteiger partial charge >= 0.3 is 0 Å². The van der Waals surface area contributed by atoms with Gasteiger partial charge in [-0.15, -0.1) is 0 Å². The minimum Gasteiger partial charge on any atom is -0.380 e. The summed E-state index contributed by atoms with van der Waals surface area (Å²) in [7, 11) is 0. The van der Waals surface area contributed by atoms with Crippen LogP contribution in [-0.4, -0.2) is 48.6 Å². The number of pyridine rings is 1. The van der Waals surface area contributed by atoms with Crippen molar-refractivity contribution in [3.05, 3.63) is 52.5 Å². The Labute approximate surface area is 145 Å². The summed E-state index contributed by atoms with van der Waals surface area (Å²) in [6, 6.07) is 7.90. The van der Waals surface area contributed by atoms with E-state index in [2.05, 4.69) is 21.3 Å². The zero-order valence-corrected chi connectivity index (χ0v) is 14.3. The molecule has 0 unspecified atom stereocenters. The molecule has 24 heavy (non-hydrogen) atoms. The van der Waals surface area contributed by atoms with Crippen molar-refractivity contribution in [3.8, 4) is 0 Å². The highest BCUT2D eigenvalue weighted by atomic mass is 32.1. The second kappa shape index (κ2) is 6.63. The van der Waals surface area contributed by atoms with Crippen LogP contribution in [0.15, 0.2) is 41.2 Å². The van der Waals surface area contributed by atoms with E-state index in [9.17, 15) is 4.79 Å². The van der Waals surface area contributed by atoms with Gasteiger partial charge in [0.1, 0.15) is 0 Å². The Morgan fingerprint density at radius 2 is 2.42 bits per heavy atom. The maximum Gasteiger partial charge on any atom is 0.252 e. The third-order valence-corrected chi connectivity index (χ3v) is 5.77. The number of nitrogens with one attached hydrogen (secondary N) is 1. The molecule has 1 N–H and O–H groups in total. The maximum absolute atomic E-state index is 12.3. The molecule has 0 aliphatic carbocycles. The first-order valence-corrected chi connectivity index (χ1v) is 9.20. The molecule has 2 aliphatic heterocycles. The molecule has 4 heterocycles. The zero-order valence-electron chi connectivity index (χ0n) is 13.5. The summed E-state index contributed by atoms with van der Waals surface area (Å²) in [6.45, 7) is 4.99. The number of hydrogen-bond donors (Lipinski definition) is 1. The molecular weight excluding hydrogens is 322 g/mol. The van der Waals surface area contributed by atoms with E-state index in [1.54, 1.807) is 11.3 Å².